The van der Waals surface area contributed by atoms with Gasteiger partial charge in [-0.05, 0) is 58.8 Å². The highest BCUT2D eigenvalue weighted by Crippen LogP contribution is 2.30. The molecule has 0 saturated heterocycles. The minimum Gasteiger partial charge on any atom is -0.397 e. The SMILES string of the molecule is CC(NCc1ccc(-c2ccccc2)cc1)c1ccc2cc(C(=O)Nc3ccccc3N)sc2c1. The summed E-state index contributed by atoms with van der Waals surface area (Å²) >= 11 is 1.50. The topological polar surface area (TPSA) is 67.2 Å². The zero-order valence-electron chi connectivity index (χ0n) is 19.5. The summed E-state index contributed by atoms with van der Waals surface area (Å²) < 4.78 is 1.09. The largest absolute Gasteiger partial charge is 0.397 e. The van der Waals surface area contributed by atoms with Crippen molar-refractivity contribution in [3.63, 3.8) is 0 Å². The molecule has 5 aromatic rings. The first-order chi connectivity index (χ1) is 17.1. The van der Waals surface area contributed by atoms with E-state index in [0.717, 1.165) is 16.6 Å². The predicted octanol–water partition coefficient (Wildman–Crippen LogP) is 7.25. The van der Waals surface area contributed by atoms with Crippen molar-refractivity contribution in [1.82, 2.24) is 5.32 Å². The fourth-order valence-electron chi connectivity index (χ4n) is 4.06. The van der Waals surface area contributed by atoms with E-state index in [-0.39, 0.29) is 11.9 Å². The average molecular weight is 478 g/mol. The van der Waals surface area contributed by atoms with Crippen molar-refractivity contribution in [2.24, 2.45) is 0 Å². The molecule has 4 aromatic carbocycles. The van der Waals surface area contributed by atoms with Crippen molar-refractivity contribution < 1.29 is 4.79 Å². The number of amides is 1. The van der Waals surface area contributed by atoms with Crippen LogP contribution in [-0.2, 0) is 6.54 Å². The number of nitrogens with two attached hydrogens (primary N) is 1. The molecule has 4 nitrogen and oxygen atoms in total. The molecule has 5 heteroatoms. The van der Waals surface area contributed by atoms with E-state index < -0.39 is 0 Å². The van der Waals surface area contributed by atoms with Crippen LogP contribution >= 0.6 is 11.3 Å². The molecule has 1 heterocycles. The molecular weight excluding hydrogens is 450 g/mol. The summed E-state index contributed by atoms with van der Waals surface area (Å²) in [5.41, 5.74) is 12.0. The highest BCUT2D eigenvalue weighted by molar-refractivity contribution is 7.20. The number of thiophene rings is 1. The molecule has 5 rings (SSSR count). The van der Waals surface area contributed by atoms with E-state index in [1.807, 2.05) is 24.3 Å². The van der Waals surface area contributed by atoms with Crippen molar-refractivity contribution in [3.8, 4) is 11.1 Å². The van der Waals surface area contributed by atoms with Gasteiger partial charge in [0.1, 0.15) is 0 Å². The highest BCUT2D eigenvalue weighted by atomic mass is 32.1. The van der Waals surface area contributed by atoms with E-state index in [4.69, 9.17) is 5.73 Å². The van der Waals surface area contributed by atoms with E-state index >= 15 is 0 Å². The van der Waals surface area contributed by atoms with Gasteiger partial charge in [-0.2, -0.15) is 0 Å². The maximum atomic E-state index is 12.8. The maximum absolute atomic E-state index is 12.8. The molecule has 1 atom stereocenters. The molecule has 1 unspecified atom stereocenters. The van der Waals surface area contributed by atoms with Crippen LogP contribution < -0.4 is 16.4 Å². The lowest BCUT2D eigenvalue weighted by Gasteiger charge is -2.15. The monoisotopic (exact) mass is 477 g/mol. The van der Waals surface area contributed by atoms with Crippen molar-refractivity contribution in [2.75, 3.05) is 11.1 Å². The molecule has 0 spiro atoms. The summed E-state index contributed by atoms with van der Waals surface area (Å²) in [5, 5.41) is 7.59. The van der Waals surface area contributed by atoms with E-state index in [1.165, 1.54) is 33.6 Å². The van der Waals surface area contributed by atoms with E-state index in [2.05, 4.69) is 84.3 Å². The third-order valence-electron chi connectivity index (χ3n) is 6.15. The van der Waals surface area contributed by atoms with E-state index in [1.54, 1.807) is 12.1 Å². The maximum Gasteiger partial charge on any atom is 0.265 e. The Bertz CT molecular complexity index is 1460. The lowest BCUT2D eigenvalue weighted by molar-refractivity contribution is 0.103. The molecule has 0 saturated carbocycles. The zero-order valence-corrected chi connectivity index (χ0v) is 20.3. The summed E-state index contributed by atoms with van der Waals surface area (Å²) in [5.74, 6) is -0.143. The number of rotatable bonds is 7. The average Bonchev–Trinajstić information content (AvgIpc) is 3.33. The third kappa shape index (κ3) is 5.27. The smallest absolute Gasteiger partial charge is 0.265 e. The Kier molecular flexibility index (Phi) is 6.62. The van der Waals surface area contributed by atoms with Crippen molar-refractivity contribution >= 4 is 38.7 Å². The number of fused-ring (bicyclic) bond motifs is 1. The molecule has 0 radical (unpaired) electrons. The Balaban J connectivity index is 1.24. The van der Waals surface area contributed by atoms with Crippen LogP contribution in [0.1, 0.15) is 33.8 Å². The lowest BCUT2D eigenvalue weighted by atomic mass is 10.0. The molecule has 0 fully saturated rings. The normalized spacial score (nSPS) is 11.9. The van der Waals surface area contributed by atoms with Gasteiger partial charge in [0.25, 0.3) is 5.91 Å². The molecule has 0 bridgehead atoms. The molecule has 174 valence electrons. The second-order valence-corrected chi connectivity index (χ2v) is 9.70. The van der Waals surface area contributed by atoms with Crippen LogP contribution in [0.2, 0.25) is 0 Å². The second-order valence-electron chi connectivity index (χ2n) is 8.61. The van der Waals surface area contributed by atoms with Gasteiger partial charge in [-0.15, -0.1) is 11.3 Å². The Morgan fingerprint density at radius 1 is 0.857 bits per heavy atom. The minimum atomic E-state index is -0.143. The number of hydrogen-bond acceptors (Lipinski definition) is 4. The predicted molar refractivity (Wildman–Crippen MR) is 148 cm³/mol. The lowest BCUT2D eigenvalue weighted by Crippen LogP contribution is -2.17. The van der Waals surface area contributed by atoms with Gasteiger partial charge in [0, 0.05) is 17.3 Å². The fraction of sp³-hybridized carbons (Fsp3) is 0.100. The van der Waals surface area contributed by atoms with Crippen LogP contribution in [0.25, 0.3) is 21.2 Å². The molecule has 0 aliphatic rings. The molecule has 0 aliphatic heterocycles. The van der Waals surface area contributed by atoms with Crippen molar-refractivity contribution in [3.05, 3.63) is 119 Å². The Morgan fingerprint density at radius 3 is 2.34 bits per heavy atom. The summed E-state index contributed by atoms with van der Waals surface area (Å²) in [6.45, 7) is 2.95. The number of hydrogen-bond donors (Lipinski definition) is 3. The molecule has 35 heavy (non-hydrogen) atoms. The van der Waals surface area contributed by atoms with Crippen LogP contribution in [0.4, 0.5) is 11.4 Å². The number of para-hydroxylation sites is 2. The standard InChI is InChI=1S/C30H27N3OS/c1-20(32-19-21-11-13-23(14-12-21)22-7-3-2-4-8-22)24-15-16-25-18-29(35-28(25)17-24)30(34)33-27-10-6-5-9-26(27)31/h2-18,20,32H,19,31H2,1H3,(H,33,34). The van der Waals surface area contributed by atoms with Gasteiger partial charge in [-0.1, -0.05) is 78.9 Å². The van der Waals surface area contributed by atoms with E-state index in [9.17, 15) is 4.79 Å². The first kappa shape index (κ1) is 22.8. The van der Waals surface area contributed by atoms with Gasteiger partial charge in [-0.25, -0.2) is 0 Å². The third-order valence-corrected chi connectivity index (χ3v) is 7.25. The summed E-state index contributed by atoms with van der Waals surface area (Å²) in [6, 6.07) is 34.9. The Hall–Kier alpha value is -3.93. The van der Waals surface area contributed by atoms with E-state index in [0.29, 0.717) is 16.3 Å². The second kappa shape index (κ2) is 10.1. The van der Waals surface area contributed by atoms with Gasteiger partial charge < -0.3 is 16.4 Å². The Labute approximate surface area is 209 Å². The van der Waals surface area contributed by atoms with Crippen LogP contribution in [0, 0.1) is 0 Å². The molecule has 0 aliphatic carbocycles. The van der Waals surface area contributed by atoms with Gasteiger partial charge in [0.15, 0.2) is 0 Å². The number of nitrogen functional groups attached to an aromatic ring is 1. The Morgan fingerprint density at radius 2 is 1.57 bits per heavy atom. The van der Waals surface area contributed by atoms with Crippen molar-refractivity contribution in [2.45, 2.75) is 19.5 Å². The van der Waals surface area contributed by atoms with Gasteiger partial charge in [0.2, 0.25) is 0 Å². The summed E-state index contributed by atoms with van der Waals surface area (Å²) in [7, 11) is 0. The zero-order chi connectivity index (χ0) is 24.2. The summed E-state index contributed by atoms with van der Waals surface area (Å²) in [6.07, 6.45) is 0. The van der Waals surface area contributed by atoms with Crippen LogP contribution in [0.15, 0.2) is 103 Å². The number of carbonyl (C=O) groups excluding carboxylic acids is 1. The number of carbonyl (C=O) groups is 1. The van der Waals surface area contributed by atoms with Gasteiger partial charge >= 0.3 is 0 Å². The van der Waals surface area contributed by atoms with Crippen LogP contribution in [0.5, 0.6) is 0 Å². The van der Waals surface area contributed by atoms with Gasteiger partial charge in [0.05, 0.1) is 16.3 Å². The fourth-order valence-corrected chi connectivity index (χ4v) is 5.06. The molecule has 1 aromatic heterocycles. The molecule has 1 amide bonds. The first-order valence-electron chi connectivity index (χ1n) is 11.6. The number of benzene rings is 4. The quantitative estimate of drug-likeness (QED) is 0.216. The van der Waals surface area contributed by atoms with Crippen molar-refractivity contribution in [1.29, 1.82) is 0 Å². The van der Waals surface area contributed by atoms with Crippen LogP contribution in [0.3, 0.4) is 0 Å². The minimum absolute atomic E-state index is 0.143. The summed E-state index contributed by atoms with van der Waals surface area (Å²) in [4.78, 5) is 13.4. The van der Waals surface area contributed by atoms with Gasteiger partial charge in [-0.3, -0.25) is 4.79 Å². The highest BCUT2D eigenvalue weighted by Gasteiger charge is 2.13. The number of nitrogens with one attached hydrogen (secondary N) is 2. The first-order valence-corrected chi connectivity index (χ1v) is 12.5. The molecule has 4 N–H and O–H groups in total. The van der Waals surface area contributed by atoms with Crippen LogP contribution in [-0.4, -0.2) is 5.91 Å². The molecular formula is C30H27N3OS. The number of anilines is 2.